The summed E-state index contributed by atoms with van der Waals surface area (Å²) in [6, 6.07) is 13.2. The molecule has 0 bridgehead atoms. The van der Waals surface area contributed by atoms with Crippen LogP contribution in [0, 0.1) is 6.92 Å². The van der Waals surface area contributed by atoms with Crippen LogP contribution in [0.2, 0.25) is 0 Å². The van der Waals surface area contributed by atoms with Gasteiger partial charge in [-0.1, -0.05) is 0 Å². The number of ether oxygens (including phenoxy) is 1. The lowest BCUT2D eigenvalue weighted by molar-refractivity contribution is 0.133. The number of nitrogens with one attached hydrogen (secondary N) is 2. The predicted molar refractivity (Wildman–Crippen MR) is 141 cm³/mol. The Kier molecular flexibility index (Phi) is 6.04. The number of carboxylic acid groups (broad SMARTS) is 1. The Morgan fingerprint density at radius 2 is 2.03 bits per heavy atom. The standard InChI is InChI=1S/C26H25N9O3/c1-16-11-17(4-6-21(16)38-19-8-10-35-23(12-19)28-15-30-35)32-25-24-20(27-14-29-25)5-7-22(33-24)31-18-3-2-9-34(13-18)26(36)37/h4-8,10-12,14-15,18H,2-3,9,13H2,1H3,(H,31,33)(H,36,37)(H,27,29,32)/t18-/m1/s1. The van der Waals surface area contributed by atoms with Crippen LogP contribution in [0.15, 0.2) is 61.3 Å². The average Bonchev–Trinajstić information content (AvgIpc) is 3.39. The zero-order valence-corrected chi connectivity index (χ0v) is 20.6. The summed E-state index contributed by atoms with van der Waals surface area (Å²) >= 11 is 0. The van der Waals surface area contributed by atoms with E-state index in [-0.39, 0.29) is 6.04 Å². The first kappa shape index (κ1) is 23.4. The Morgan fingerprint density at radius 1 is 1.11 bits per heavy atom. The van der Waals surface area contributed by atoms with Crippen LogP contribution in [0.25, 0.3) is 16.7 Å². The monoisotopic (exact) mass is 511 g/mol. The van der Waals surface area contributed by atoms with Crippen LogP contribution >= 0.6 is 0 Å². The molecule has 0 aliphatic carbocycles. The van der Waals surface area contributed by atoms with Gasteiger partial charge >= 0.3 is 6.09 Å². The van der Waals surface area contributed by atoms with E-state index in [0.717, 1.165) is 29.8 Å². The van der Waals surface area contributed by atoms with Crippen molar-refractivity contribution in [1.29, 1.82) is 0 Å². The van der Waals surface area contributed by atoms with E-state index in [2.05, 4.69) is 30.7 Å². The van der Waals surface area contributed by atoms with E-state index in [1.54, 1.807) is 10.7 Å². The highest BCUT2D eigenvalue weighted by atomic mass is 16.5. The van der Waals surface area contributed by atoms with Gasteiger partial charge in [0.15, 0.2) is 11.5 Å². The number of fused-ring (bicyclic) bond motifs is 2. The Labute approximate surface area is 217 Å². The molecule has 1 aromatic carbocycles. The van der Waals surface area contributed by atoms with Gasteiger partial charge in [0.25, 0.3) is 0 Å². The fourth-order valence-corrected chi connectivity index (χ4v) is 4.56. The number of rotatable bonds is 6. The number of hydrogen-bond acceptors (Lipinski definition) is 9. The van der Waals surface area contributed by atoms with E-state index in [9.17, 15) is 9.90 Å². The number of anilines is 3. The highest BCUT2D eigenvalue weighted by molar-refractivity contribution is 5.88. The molecule has 5 heterocycles. The molecule has 3 N–H and O–H groups in total. The summed E-state index contributed by atoms with van der Waals surface area (Å²) in [4.78, 5) is 30.5. The smallest absolute Gasteiger partial charge is 0.407 e. The maximum Gasteiger partial charge on any atom is 0.407 e. The Bertz CT molecular complexity index is 1640. The van der Waals surface area contributed by atoms with Crippen molar-refractivity contribution < 1.29 is 14.6 Å². The van der Waals surface area contributed by atoms with Crippen LogP contribution in [0.5, 0.6) is 11.5 Å². The van der Waals surface area contributed by atoms with E-state index in [1.807, 2.05) is 49.4 Å². The van der Waals surface area contributed by atoms with Crippen LogP contribution in [-0.4, -0.2) is 64.8 Å². The van der Waals surface area contributed by atoms with E-state index in [4.69, 9.17) is 9.72 Å². The second-order valence-electron chi connectivity index (χ2n) is 9.13. The quantitative estimate of drug-likeness (QED) is 0.299. The minimum Gasteiger partial charge on any atom is -0.465 e. The SMILES string of the molecule is Cc1cc(Nc2ncnc3ccc(N[C@@H]4CCCN(C(=O)O)C4)nc23)ccc1Oc1ccn2ncnc2c1. The first-order valence-corrected chi connectivity index (χ1v) is 12.2. The summed E-state index contributed by atoms with van der Waals surface area (Å²) in [6.07, 6.45) is 5.58. The summed E-state index contributed by atoms with van der Waals surface area (Å²) in [7, 11) is 0. The zero-order chi connectivity index (χ0) is 26.1. The molecule has 1 amide bonds. The molecule has 0 unspecified atom stereocenters. The highest BCUT2D eigenvalue weighted by Crippen LogP contribution is 2.30. The third-order valence-corrected chi connectivity index (χ3v) is 6.44. The third kappa shape index (κ3) is 4.83. The average molecular weight is 512 g/mol. The van der Waals surface area contributed by atoms with Gasteiger partial charge in [0.1, 0.15) is 35.5 Å². The second kappa shape index (κ2) is 9.81. The Balaban J connectivity index is 1.20. The first-order chi connectivity index (χ1) is 18.5. The van der Waals surface area contributed by atoms with Crippen molar-refractivity contribution in [2.75, 3.05) is 23.7 Å². The van der Waals surface area contributed by atoms with Crippen molar-refractivity contribution in [3.63, 3.8) is 0 Å². The molecule has 6 rings (SSSR count). The summed E-state index contributed by atoms with van der Waals surface area (Å²) in [5, 5.41) is 20.1. The largest absolute Gasteiger partial charge is 0.465 e. The van der Waals surface area contributed by atoms with E-state index in [1.165, 1.54) is 17.6 Å². The number of amides is 1. The number of aromatic nitrogens is 6. The lowest BCUT2D eigenvalue weighted by Gasteiger charge is -2.31. The van der Waals surface area contributed by atoms with Crippen LogP contribution in [0.1, 0.15) is 18.4 Å². The number of piperidine rings is 1. The molecule has 1 fully saturated rings. The molecule has 0 radical (unpaired) electrons. The number of hydrogen-bond donors (Lipinski definition) is 3. The maximum absolute atomic E-state index is 11.4. The summed E-state index contributed by atoms with van der Waals surface area (Å²) in [5.41, 5.74) is 3.78. The van der Waals surface area contributed by atoms with E-state index in [0.29, 0.717) is 47.2 Å². The van der Waals surface area contributed by atoms with E-state index >= 15 is 0 Å². The van der Waals surface area contributed by atoms with Crippen molar-refractivity contribution in [3.8, 4) is 11.5 Å². The third-order valence-electron chi connectivity index (χ3n) is 6.44. The van der Waals surface area contributed by atoms with Gasteiger partial charge in [-0.2, -0.15) is 5.10 Å². The molecule has 192 valence electrons. The first-order valence-electron chi connectivity index (χ1n) is 12.2. The van der Waals surface area contributed by atoms with Crippen molar-refractivity contribution >= 4 is 40.1 Å². The molecule has 1 aliphatic rings. The molecule has 38 heavy (non-hydrogen) atoms. The van der Waals surface area contributed by atoms with Crippen molar-refractivity contribution in [2.24, 2.45) is 0 Å². The Hall–Kier alpha value is -5.00. The van der Waals surface area contributed by atoms with Crippen LogP contribution in [-0.2, 0) is 0 Å². The van der Waals surface area contributed by atoms with Crippen molar-refractivity contribution in [1.82, 2.24) is 34.4 Å². The zero-order valence-electron chi connectivity index (χ0n) is 20.6. The van der Waals surface area contributed by atoms with Gasteiger partial charge in [-0.15, -0.1) is 0 Å². The molecular weight excluding hydrogens is 486 g/mol. The molecule has 5 aromatic rings. The molecule has 1 aliphatic heterocycles. The van der Waals surface area contributed by atoms with Gasteiger partial charge in [-0.05, 0) is 61.7 Å². The van der Waals surface area contributed by atoms with Gasteiger partial charge < -0.3 is 25.4 Å². The fraction of sp³-hybridized carbons (Fsp3) is 0.231. The van der Waals surface area contributed by atoms with Crippen molar-refractivity contribution in [3.05, 3.63) is 66.9 Å². The molecular formula is C26H25N9O3. The van der Waals surface area contributed by atoms with E-state index < -0.39 is 6.09 Å². The highest BCUT2D eigenvalue weighted by Gasteiger charge is 2.23. The second-order valence-corrected chi connectivity index (χ2v) is 9.13. The molecule has 4 aromatic heterocycles. The number of nitrogens with zero attached hydrogens (tertiary/aromatic N) is 7. The molecule has 1 atom stereocenters. The lowest BCUT2D eigenvalue weighted by Crippen LogP contribution is -2.44. The number of aryl methyl sites for hydroxylation is 1. The molecule has 1 saturated heterocycles. The number of benzene rings is 1. The maximum atomic E-state index is 11.4. The van der Waals surface area contributed by atoms with Gasteiger partial charge in [0, 0.05) is 37.1 Å². The van der Waals surface area contributed by atoms with Gasteiger partial charge in [0.05, 0.1) is 5.52 Å². The lowest BCUT2D eigenvalue weighted by atomic mass is 10.1. The van der Waals surface area contributed by atoms with Crippen LogP contribution < -0.4 is 15.4 Å². The summed E-state index contributed by atoms with van der Waals surface area (Å²) in [6.45, 7) is 2.95. The number of pyridine rings is 2. The normalized spacial score (nSPS) is 15.5. The van der Waals surface area contributed by atoms with Gasteiger partial charge in [0.2, 0.25) is 0 Å². The molecule has 0 spiro atoms. The summed E-state index contributed by atoms with van der Waals surface area (Å²) in [5.74, 6) is 2.61. The predicted octanol–water partition coefficient (Wildman–Crippen LogP) is 4.47. The van der Waals surface area contributed by atoms with Crippen LogP contribution in [0.4, 0.5) is 22.1 Å². The van der Waals surface area contributed by atoms with Gasteiger partial charge in [-0.25, -0.2) is 29.2 Å². The Morgan fingerprint density at radius 3 is 2.89 bits per heavy atom. The topological polar surface area (TPSA) is 143 Å². The fourth-order valence-electron chi connectivity index (χ4n) is 4.56. The minimum absolute atomic E-state index is 0.00787. The minimum atomic E-state index is -0.897. The molecule has 12 heteroatoms. The molecule has 0 saturated carbocycles. The molecule has 12 nitrogen and oxygen atoms in total. The van der Waals surface area contributed by atoms with Gasteiger partial charge in [-0.3, -0.25) is 0 Å². The van der Waals surface area contributed by atoms with Crippen LogP contribution in [0.3, 0.4) is 0 Å². The number of carbonyl (C=O) groups is 1. The summed E-state index contributed by atoms with van der Waals surface area (Å²) < 4.78 is 7.75. The van der Waals surface area contributed by atoms with Crippen molar-refractivity contribution in [2.45, 2.75) is 25.8 Å². The number of likely N-dealkylation sites (tertiary alicyclic amines) is 1.